The fourth-order valence-electron chi connectivity index (χ4n) is 1.72. The summed E-state index contributed by atoms with van der Waals surface area (Å²) in [5, 5.41) is 2.61. The van der Waals surface area contributed by atoms with Gasteiger partial charge in [0.1, 0.15) is 12.2 Å². The molecular weight excluding hydrogens is 315 g/mol. The summed E-state index contributed by atoms with van der Waals surface area (Å²) in [5.74, 6) is 0. The molecule has 6 nitrogen and oxygen atoms in total. The van der Waals surface area contributed by atoms with Gasteiger partial charge in [0, 0.05) is 31.4 Å². The minimum absolute atomic E-state index is 0.0671. The standard InChI is InChI=1S/C14H22F3N3O3/c1-13(2,3)23-12(21)19-5-4-11-8-18-10-20(11)6-7-22-9-14(15,16)17/h8,10H,4-7,9H2,1-3H3,(H,19,21). The van der Waals surface area contributed by atoms with Gasteiger partial charge in [0.15, 0.2) is 0 Å². The van der Waals surface area contributed by atoms with Crippen LogP contribution in [0.4, 0.5) is 18.0 Å². The topological polar surface area (TPSA) is 65.4 Å². The molecule has 0 aromatic carbocycles. The van der Waals surface area contributed by atoms with E-state index in [-0.39, 0.29) is 13.2 Å². The largest absolute Gasteiger partial charge is 0.444 e. The van der Waals surface area contributed by atoms with Crippen LogP contribution in [0.25, 0.3) is 0 Å². The van der Waals surface area contributed by atoms with Crippen molar-refractivity contribution in [1.29, 1.82) is 0 Å². The zero-order valence-corrected chi connectivity index (χ0v) is 13.4. The molecule has 0 bridgehead atoms. The molecule has 1 rings (SSSR count). The molecule has 1 amide bonds. The SMILES string of the molecule is CC(C)(C)OC(=O)NCCc1cncn1CCOCC(F)(F)F. The third kappa shape index (κ3) is 9.07. The van der Waals surface area contributed by atoms with Gasteiger partial charge in [-0.05, 0) is 20.8 Å². The number of nitrogens with one attached hydrogen (secondary N) is 1. The van der Waals surface area contributed by atoms with E-state index in [9.17, 15) is 18.0 Å². The van der Waals surface area contributed by atoms with Crippen molar-refractivity contribution in [3.8, 4) is 0 Å². The molecule has 23 heavy (non-hydrogen) atoms. The first-order valence-corrected chi connectivity index (χ1v) is 7.17. The van der Waals surface area contributed by atoms with Gasteiger partial charge in [0.2, 0.25) is 0 Å². The number of hydrogen-bond acceptors (Lipinski definition) is 4. The molecule has 0 atom stereocenters. The first-order valence-electron chi connectivity index (χ1n) is 7.17. The summed E-state index contributed by atoms with van der Waals surface area (Å²) < 4.78 is 47.2. The number of aromatic nitrogens is 2. The van der Waals surface area contributed by atoms with Gasteiger partial charge in [-0.3, -0.25) is 0 Å². The van der Waals surface area contributed by atoms with Crippen LogP contribution < -0.4 is 5.32 Å². The van der Waals surface area contributed by atoms with Gasteiger partial charge in [0.05, 0.1) is 12.9 Å². The van der Waals surface area contributed by atoms with E-state index < -0.39 is 24.5 Å². The second-order valence-electron chi connectivity index (χ2n) is 5.92. The van der Waals surface area contributed by atoms with Crippen LogP contribution in [0.2, 0.25) is 0 Å². The Kier molecular flexibility index (Phi) is 6.86. The van der Waals surface area contributed by atoms with E-state index in [1.54, 1.807) is 31.5 Å². The predicted octanol–water partition coefficient (Wildman–Crippen LogP) is 2.53. The lowest BCUT2D eigenvalue weighted by Gasteiger charge is -2.19. The summed E-state index contributed by atoms with van der Waals surface area (Å²) in [4.78, 5) is 15.4. The van der Waals surface area contributed by atoms with E-state index in [0.717, 1.165) is 5.69 Å². The van der Waals surface area contributed by atoms with Crippen molar-refractivity contribution in [1.82, 2.24) is 14.9 Å². The highest BCUT2D eigenvalue weighted by molar-refractivity contribution is 5.67. The summed E-state index contributed by atoms with van der Waals surface area (Å²) in [6, 6.07) is 0. The van der Waals surface area contributed by atoms with Gasteiger partial charge < -0.3 is 19.4 Å². The van der Waals surface area contributed by atoms with E-state index in [1.165, 1.54) is 6.33 Å². The monoisotopic (exact) mass is 337 g/mol. The Balaban J connectivity index is 2.31. The molecule has 1 aromatic heterocycles. The average molecular weight is 337 g/mol. The van der Waals surface area contributed by atoms with Crippen LogP contribution >= 0.6 is 0 Å². The fraction of sp³-hybridized carbons (Fsp3) is 0.714. The summed E-state index contributed by atoms with van der Waals surface area (Å²) in [7, 11) is 0. The quantitative estimate of drug-likeness (QED) is 0.777. The minimum Gasteiger partial charge on any atom is -0.444 e. The number of imidazole rings is 1. The fourth-order valence-corrected chi connectivity index (χ4v) is 1.72. The van der Waals surface area contributed by atoms with Crippen molar-refractivity contribution in [3.63, 3.8) is 0 Å². The summed E-state index contributed by atoms with van der Waals surface area (Å²) in [6.45, 7) is 4.56. The molecule has 0 fully saturated rings. The molecule has 0 aliphatic heterocycles. The third-order valence-corrected chi connectivity index (χ3v) is 2.59. The third-order valence-electron chi connectivity index (χ3n) is 2.59. The number of nitrogens with zero attached hydrogens (tertiary/aromatic N) is 2. The van der Waals surface area contributed by atoms with Crippen molar-refractivity contribution in [3.05, 3.63) is 18.2 Å². The zero-order chi connectivity index (χ0) is 17.5. The van der Waals surface area contributed by atoms with Crippen LogP contribution in [0.15, 0.2) is 12.5 Å². The second-order valence-corrected chi connectivity index (χ2v) is 5.92. The predicted molar refractivity (Wildman–Crippen MR) is 77.0 cm³/mol. The molecule has 1 heterocycles. The van der Waals surface area contributed by atoms with Gasteiger partial charge in [-0.2, -0.15) is 13.2 Å². The van der Waals surface area contributed by atoms with E-state index in [2.05, 4.69) is 15.0 Å². The van der Waals surface area contributed by atoms with Crippen LogP contribution in [0.5, 0.6) is 0 Å². The summed E-state index contributed by atoms with van der Waals surface area (Å²) in [5.41, 5.74) is 0.221. The Labute approximate surface area is 133 Å². The van der Waals surface area contributed by atoms with Crippen molar-refractivity contribution in [2.24, 2.45) is 0 Å². The lowest BCUT2D eigenvalue weighted by molar-refractivity contribution is -0.174. The summed E-state index contributed by atoms with van der Waals surface area (Å²) >= 11 is 0. The molecule has 0 saturated carbocycles. The number of rotatable bonds is 7. The number of carbonyl (C=O) groups excluding carboxylic acids is 1. The minimum atomic E-state index is -4.32. The van der Waals surface area contributed by atoms with Gasteiger partial charge >= 0.3 is 12.3 Å². The molecule has 0 unspecified atom stereocenters. The first kappa shape index (κ1) is 19.3. The van der Waals surface area contributed by atoms with Gasteiger partial charge in [0.25, 0.3) is 0 Å². The Bertz CT molecular complexity index is 495. The van der Waals surface area contributed by atoms with Crippen LogP contribution in [0.3, 0.4) is 0 Å². The van der Waals surface area contributed by atoms with E-state index in [1.807, 2.05) is 0 Å². The molecule has 0 saturated heterocycles. The normalized spacial score (nSPS) is 12.3. The zero-order valence-electron chi connectivity index (χ0n) is 13.4. The van der Waals surface area contributed by atoms with Gasteiger partial charge in [-0.25, -0.2) is 9.78 Å². The highest BCUT2D eigenvalue weighted by atomic mass is 19.4. The molecule has 0 aliphatic carbocycles. The molecular formula is C14H22F3N3O3. The Hall–Kier alpha value is -1.77. The summed E-state index contributed by atoms with van der Waals surface area (Å²) in [6.07, 6.45) is -1.24. The van der Waals surface area contributed by atoms with Crippen LogP contribution in [0, 0.1) is 0 Å². The van der Waals surface area contributed by atoms with E-state index >= 15 is 0 Å². The smallest absolute Gasteiger partial charge is 0.411 e. The molecule has 0 spiro atoms. The highest BCUT2D eigenvalue weighted by Gasteiger charge is 2.27. The lowest BCUT2D eigenvalue weighted by atomic mass is 10.2. The van der Waals surface area contributed by atoms with Crippen LogP contribution in [-0.4, -0.2) is 47.2 Å². The maximum Gasteiger partial charge on any atom is 0.411 e. The molecule has 0 aliphatic rings. The van der Waals surface area contributed by atoms with E-state index in [4.69, 9.17) is 4.74 Å². The number of halogens is 3. The number of amides is 1. The number of alkyl carbamates (subject to hydrolysis) is 1. The Morgan fingerprint density at radius 1 is 1.35 bits per heavy atom. The molecule has 0 radical (unpaired) electrons. The average Bonchev–Trinajstić information content (AvgIpc) is 2.79. The molecule has 1 aromatic rings. The van der Waals surface area contributed by atoms with Gasteiger partial charge in [-0.1, -0.05) is 0 Å². The van der Waals surface area contributed by atoms with Crippen LogP contribution in [0.1, 0.15) is 26.5 Å². The second kappa shape index (κ2) is 8.19. The molecule has 9 heteroatoms. The van der Waals surface area contributed by atoms with Crippen molar-refractivity contribution in [2.75, 3.05) is 19.8 Å². The van der Waals surface area contributed by atoms with Crippen molar-refractivity contribution < 1.29 is 27.4 Å². The van der Waals surface area contributed by atoms with Gasteiger partial charge in [-0.15, -0.1) is 0 Å². The number of carbonyl (C=O) groups is 1. The van der Waals surface area contributed by atoms with Crippen LogP contribution in [-0.2, 0) is 22.4 Å². The maximum atomic E-state index is 12.0. The highest BCUT2D eigenvalue weighted by Crippen LogP contribution is 2.14. The number of hydrogen-bond donors (Lipinski definition) is 1. The Morgan fingerprint density at radius 3 is 2.65 bits per heavy atom. The first-order chi connectivity index (χ1) is 10.6. The van der Waals surface area contributed by atoms with E-state index in [0.29, 0.717) is 13.0 Å². The number of alkyl halides is 3. The maximum absolute atomic E-state index is 12.0. The molecule has 1 N–H and O–H groups in total. The van der Waals surface area contributed by atoms with Crippen molar-refractivity contribution in [2.45, 2.75) is 45.5 Å². The lowest BCUT2D eigenvalue weighted by Crippen LogP contribution is -2.33. The van der Waals surface area contributed by atoms with Crippen molar-refractivity contribution >= 4 is 6.09 Å². The Morgan fingerprint density at radius 2 is 2.04 bits per heavy atom. The molecule has 132 valence electrons. The number of ether oxygens (including phenoxy) is 2.